The maximum atomic E-state index is 13.1. The van der Waals surface area contributed by atoms with Gasteiger partial charge in [0.1, 0.15) is 11.4 Å². The van der Waals surface area contributed by atoms with Crippen molar-refractivity contribution >= 4 is 16.8 Å². The van der Waals surface area contributed by atoms with Crippen LogP contribution in [0.25, 0.3) is 11.0 Å². The average Bonchev–Trinajstić information content (AvgIpc) is 2.83. The monoisotopic (exact) mass is 258 g/mol. The van der Waals surface area contributed by atoms with E-state index in [9.17, 15) is 9.18 Å². The van der Waals surface area contributed by atoms with Gasteiger partial charge in [-0.05, 0) is 49.9 Å². The third kappa shape index (κ3) is 2.60. The Hall–Kier alpha value is -1.90. The summed E-state index contributed by atoms with van der Waals surface area (Å²) in [5.74, 6) is -0.0147. The first-order chi connectivity index (χ1) is 9.22. The fraction of sp³-hybridized carbons (Fsp3) is 0.312. The summed E-state index contributed by atoms with van der Waals surface area (Å²) in [6.45, 7) is 0. The first-order valence-corrected chi connectivity index (χ1v) is 6.62. The van der Waals surface area contributed by atoms with Crippen molar-refractivity contribution in [2.45, 2.75) is 32.1 Å². The summed E-state index contributed by atoms with van der Waals surface area (Å²) in [4.78, 5) is 12.1. The molecule has 0 N–H and O–H groups in total. The number of Topliss-reactive ketones (excluding diaryl/α,β-unsaturated/α-hetero) is 1. The number of fused-ring (bicyclic) bond motifs is 1. The number of allylic oxidation sites excluding steroid dienone is 2. The van der Waals surface area contributed by atoms with Crippen molar-refractivity contribution in [3.8, 4) is 0 Å². The Balaban J connectivity index is 1.83. The number of ketones is 1. The van der Waals surface area contributed by atoms with Crippen molar-refractivity contribution in [2.75, 3.05) is 0 Å². The second-order valence-electron chi connectivity index (χ2n) is 5.00. The molecule has 2 nitrogen and oxygen atoms in total. The largest absolute Gasteiger partial charge is 0.453 e. The lowest BCUT2D eigenvalue weighted by Gasteiger charge is -2.10. The summed E-state index contributed by atoms with van der Waals surface area (Å²) in [5.41, 5.74) is 1.75. The summed E-state index contributed by atoms with van der Waals surface area (Å²) >= 11 is 0. The molecule has 0 radical (unpaired) electrons. The lowest BCUT2D eigenvalue weighted by atomic mass is 9.95. The Morgan fingerprint density at radius 3 is 2.95 bits per heavy atom. The number of carbonyl (C=O) groups is 1. The van der Waals surface area contributed by atoms with Crippen LogP contribution in [-0.4, -0.2) is 5.78 Å². The van der Waals surface area contributed by atoms with Crippen molar-refractivity contribution < 1.29 is 13.6 Å². The minimum Gasteiger partial charge on any atom is -0.453 e. The predicted octanol–water partition coefficient (Wildman–Crippen LogP) is 4.65. The molecule has 3 heteroatoms. The van der Waals surface area contributed by atoms with Gasteiger partial charge >= 0.3 is 0 Å². The SMILES string of the molecule is O=C(CC1=CCCCC1)c1cc2cc(F)ccc2o1. The maximum Gasteiger partial charge on any atom is 0.202 e. The second-order valence-corrected chi connectivity index (χ2v) is 5.00. The molecule has 2 aromatic rings. The molecule has 98 valence electrons. The maximum absolute atomic E-state index is 13.1. The van der Waals surface area contributed by atoms with E-state index in [-0.39, 0.29) is 11.6 Å². The minimum absolute atomic E-state index is 0.0234. The number of furan rings is 1. The number of carbonyl (C=O) groups excluding carboxylic acids is 1. The average molecular weight is 258 g/mol. The molecule has 3 rings (SSSR count). The first-order valence-electron chi connectivity index (χ1n) is 6.62. The fourth-order valence-electron chi connectivity index (χ4n) is 2.51. The molecule has 1 aliphatic carbocycles. The van der Waals surface area contributed by atoms with Crippen LogP contribution in [0, 0.1) is 5.82 Å². The van der Waals surface area contributed by atoms with Crippen LogP contribution < -0.4 is 0 Å². The van der Waals surface area contributed by atoms with E-state index >= 15 is 0 Å². The molecule has 0 fully saturated rings. The number of benzene rings is 1. The summed E-state index contributed by atoms with van der Waals surface area (Å²) in [6.07, 6.45) is 7.01. The number of rotatable bonds is 3. The molecular weight excluding hydrogens is 243 g/mol. The molecule has 1 aliphatic rings. The quantitative estimate of drug-likeness (QED) is 0.592. The molecule has 1 aromatic carbocycles. The Bertz CT molecular complexity index is 652. The molecule has 0 atom stereocenters. The molecule has 0 saturated carbocycles. The van der Waals surface area contributed by atoms with Crippen LogP contribution in [0.1, 0.15) is 42.7 Å². The summed E-state index contributed by atoms with van der Waals surface area (Å²) in [5, 5.41) is 0.640. The molecular formula is C16H15FO2. The zero-order valence-electron chi connectivity index (χ0n) is 10.6. The van der Waals surface area contributed by atoms with Gasteiger partial charge in [0, 0.05) is 11.8 Å². The van der Waals surface area contributed by atoms with Gasteiger partial charge in [0.2, 0.25) is 5.78 Å². The summed E-state index contributed by atoms with van der Waals surface area (Å²) < 4.78 is 18.6. The smallest absolute Gasteiger partial charge is 0.202 e. The Labute approximate surface area is 110 Å². The van der Waals surface area contributed by atoms with E-state index in [2.05, 4.69) is 6.08 Å². The van der Waals surface area contributed by atoms with Crippen molar-refractivity contribution in [3.05, 3.63) is 47.5 Å². The Kier molecular flexibility index (Phi) is 3.20. The molecule has 0 spiro atoms. The van der Waals surface area contributed by atoms with E-state index < -0.39 is 0 Å². The van der Waals surface area contributed by atoms with E-state index in [1.165, 1.54) is 24.1 Å². The van der Waals surface area contributed by atoms with Crippen LogP contribution in [0.2, 0.25) is 0 Å². The number of halogens is 1. The van der Waals surface area contributed by atoms with Gasteiger partial charge < -0.3 is 4.42 Å². The number of hydrogen-bond acceptors (Lipinski definition) is 2. The van der Waals surface area contributed by atoms with Gasteiger partial charge in [-0.15, -0.1) is 0 Å². The van der Waals surface area contributed by atoms with Crippen molar-refractivity contribution in [1.29, 1.82) is 0 Å². The van der Waals surface area contributed by atoms with E-state index in [1.807, 2.05) is 0 Å². The standard InChI is InChI=1S/C16H15FO2/c17-13-6-7-15-12(9-13)10-16(19-15)14(18)8-11-4-2-1-3-5-11/h4,6-7,9-10H,1-3,5,8H2. The van der Waals surface area contributed by atoms with Crippen molar-refractivity contribution in [1.82, 2.24) is 0 Å². The van der Waals surface area contributed by atoms with Gasteiger partial charge in [-0.25, -0.2) is 4.39 Å². The third-order valence-corrected chi connectivity index (χ3v) is 3.53. The van der Waals surface area contributed by atoms with Crippen LogP contribution >= 0.6 is 0 Å². The molecule has 1 aromatic heterocycles. The highest BCUT2D eigenvalue weighted by molar-refractivity contribution is 5.98. The topological polar surface area (TPSA) is 30.2 Å². The van der Waals surface area contributed by atoms with E-state index in [4.69, 9.17) is 4.42 Å². The summed E-state index contributed by atoms with van der Waals surface area (Å²) in [6, 6.07) is 5.91. The summed E-state index contributed by atoms with van der Waals surface area (Å²) in [7, 11) is 0. The van der Waals surface area contributed by atoms with Crippen molar-refractivity contribution in [2.24, 2.45) is 0 Å². The fourth-order valence-corrected chi connectivity index (χ4v) is 2.51. The molecule has 1 heterocycles. The Morgan fingerprint density at radius 2 is 2.16 bits per heavy atom. The lowest BCUT2D eigenvalue weighted by Crippen LogP contribution is -2.01. The first kappa shape index (κ1) is 12.2. The molecule has 0 unspecified atom stereocenters. The molecule has 0 bridgehead atoms. The van der Waals surface area contributed by atoms with Gasteiger partial charge in [-0.1, -0.05) is 11.6 Å². The van der Waals surface area contributed by atoms with E-state index in [1.54, 1.807) is 12.1 Å². The highest BCUT2D eigenvalue weighted by Gasteiger charge is 2.15. The molecule has 0 saturated heterocycles. The van der Waals surface area contributed by atoms with E-state index in [0.29, 0.717) is 23.2 Å². The molecule has 0 amide bonds. The van der Waals surface area contributed by atoms with Crippen LogP contribution in [0.3, 0.4) is 0 Å². The van der Waals surface area contributed by atoms with Gasteiger partial charge in [-0.2, -0.15) is 0 Å². The van der Waals surface area contributed by atoms with Crippen LogP contribution in [-0.2, 0) is 0 Å². The molecule has 19 heavy (non-hydrogen) atoms. The zero-order chi connectivity index (χ0) is 13.2. The van der Waals surface area contributed by atoms with Gasteiger partial charge in [0.25, 0.3) is 0 Å². The van der Waals surface area contributed by atoms with Crippen LogP contribution in [0.15, 0.2) is 40.3 Å². The second kappa shape index (κ2) is 5.00. The minimum atomic E-state index is -0.317. The van der Waals surface area contributed by atoms with E-state index in [0.717, 1.165) is 19.3 Å². The zero-order valence-corrected chi connectivity index (χ0v) is 10.6. The van der Waals surface area contributed by atoms with Gasteiger partial charge in [0.05, 0.1) is 0 Å². The highest BCUT2D eigenvalue weighted by atomic mass is 19.1. The Morgan fingerprint density at radius 1 is 1.26 bits per heavy atom. The normalized spacial score (nSPS) is 15.5. The lowest BCUT2D eigenvalue weighted by molar-refractivity contribution is 0.0967. The van der Waals surface area contributed by atoms with Crippen molar-refractivity contribution in [3.63, 3.8) is 0 Å². The third-order valence-electron chi connectivity index (χ3n) is 3.53. The molecule has 0 aliphatic heterocycles. The van der Waals surface area contributed by atoms with Gasteiger partial charge in [-0.3, -0.25) is 4.79 Å². The highest BCUT2D eigenvalue weighted by Crippen LogP contribution is 2.25. The van der Waals surface area contributed by atoms with Gasteiger partial charge in [0.15, 0.2) is 5.76 Å². The predicted molar refractivity (Wildman–Crippen MR) is 71.7 cm³/mol. The van der Waals surface area contributed by atoms with Crippen LogP contribution in [0.5, 0.6) is 0 Å². The van der Waals surface area contributed by atoms with Crippen LogP contribution in [0.4, 0.5) is 4.39 Å². The number of hydrogen-bond donors (Lipinski definition) is 0.